The van der Waals surface area contributed by atoms with E-state index in [2.05, 4.69) is 20.6 Å². The van der Waals surface area contributed by atoms with Crippen LogP contribution in [0, 0.1) is 0 Å². The molecule has 7 heteroatoms. The van der Waals surface area contributed by atoms with Crippen LogP contribution in [0.3, 0.4) is 0 Å². The van der Waals surface area contributed by atoms with Crippen molar-refractivity contribution in [2.75, 3.05) is 7.11 Å². The Morgan fingerprint density at radius 1 is 1.26 bits per heavy atom. The maximum absolute atomic E-state index is 11.9. The second-order valence-electron chi connectivity index (χ2n) is 4.86. The van der Waals surface area contributed by atoms with Gasteiger partial charge in [0.05, 0.1) is 30.4 Å². The van der Waals surface area contributed by atoms with E-state index >= 15 is 0 Å². The minimum atomic E-state index is -0.238. The predicted molar refractivity (Wildman–Crippen MR) is 89.5 cm³/mol. The number of methoxy groups -OCH3 is 1. The number of carbonyl (C=O) groups excluding carboxylic acids is 1. The number of fused-ring (bicyclic) bond motifs is 1. The lowest BCUT2D eigenvalue weighted by Crippen LogP contribution is -2.34. The number of carbonyl (C=O) groups is 1. The van der Waals surface area contributed by atoms with Crippen LogP contribution in [-0.2, 0) is 13.1 Å². The molecule has 0 atom stereocenters. The monoisotopic (exact) mass is 328 g/mol. The van der Waals surface area contributed by atoms with Crippen molar-refractivity contribution in [1.82, 2.24) is 20.6 Å². The number of benzene rings is 1. The molecule has 0 spiro atoms. The average Bonchev–Trinajstić information content (AvgIpc) is 3.11. The summed E-state index contributed by atoms with van der Waals surface area (Å²) < 4.78 is 5.22. The summed E-state index contributed by atoms with van der Waals surface area (Å²) in [4.78, 5) is 20.4. The van der Waals surface area contributed by atoms with E-state index in [-0.39, 0.29) is 6.03 Å². The molecule has 0 fully saturated rings. The standard InChI is InChI=1S/C16H16N4O2S/c1-22-15-6-11(13-4-2-3-5-14(13)20-15)7-17-16(21)18-8-12-9-23-10-19-12/h2-6,9-10H,7-8H2,1H3,(H2,17,18,21). The lowest BCUT2D eigenvalue weighted by molar-refractivity contribution is 0.240. The van der Waals surface area contributed by atoms with E-state index < -0.39 is 0 Å². The molecule has 1 aromatic carbocycles. The number of thiazole rings is 1. The molecule has 3 aromatic rings. The van der Waals surface area contributed by atoms with Crippen LogP contribution < -0.4 is 15.4 Å². The lowest BCUT2D eigenvalue weighted by Gasteiger charge is -2.10. The second-order valence-corrected chi connectivity index (χ2v) is 5.58. The van der Waals surface area contributed by atoms with Crippen molar-refractivity contribution in [1.29, 1.82) is 0 Å². The fourth-order valence-corrected chi connectivity index (χ4v) is 2.76. The molecule has 118 valence electrons. The van der Waals surface area contributed by atoms with Crippen LogP contribution in [0.15, 0.2) is 41.2 Å². The van der Waals surface area contributed by atoms with E-state index in [0.29, 0.717) is 19.0 Å². The van der Waals surface area contributed by atoms with Crippen molar-refractivity contribution in [3.63, 3.8) is 0 Å². The number of aromatic nitrogens is 2. The summed E-state index contributed by atoms with van der Waals surface area (Å²) in [5, 5.41) is 8.52. The van der Waals surface area contributed by atoms with E-state index in [0.717, 1.165) is 22.2 Å². The fourth-order valence-electron chi connectivity index (χ4n) is 2.20. The van der Waals surface area contributed by atoms with Crippen LogP contribution in [0.2, 0.25) is 0 Å². The highest BCUT2D eigenvalue weighted by atomic mass is 32.1. The topological polar surface area (TPSA) is 76.1 Å². The van der Waals surface area contributed by atoms with E-state index in [1.165, 1.54) is 11.3 Å². The van der Waals surface area contributed by atoms with Gasteiger partial charge in [-0.2, -0.15) is 0 Å². The van der Waals surface area contributed by atoms with Crippen LogP contribution in [0.5, 0.6) is 5.88 Å². The Bertz CT molecular complexity index is 805. The number of rotatable bonds is 5. The van der Waals surface area contributed by atoms with Gasteiger partial charge in [-0.25, -0.2) is 14.8 Å². The summed E-state index contributed by atoms with van der Waals surface area (Å²) in [5.74, 6) is 0.531. The Balaban J connectivity index is 1.67. The summed E-state index contributed by atoms with van der Waals surface area (Å²) in [6.45, 7) is 0.804. The highest BCUT2D eigenvalue weighted by molar-refractivity contribution is 7.07. The van der Waals surface area contributed by atoms with Crippen molar-refractivity contribution in [3.05, 3.63) is 52.5 Å². The van der Waals surface area contributed by atoms with Gasteiger partial charge >= 0.3 is 6.03 Å². The van der Waals surface area contributed by atoms with Gasteiger partial charge < -0.3 is 15.4 Å². The quantitative estimate of drug-likeness (QED) is 0.755. The van der Waals surface area contributed by atoms with Gasteiger partial charge in [0.25, 0.3) is 0 Å². The molecule has 0 unspecified atom stereocenters. The molecular formula is C16H16N4O2S. The normalized spacial score (nSPS) is 10.5. The summed E-state index contributed by atoms with van der Waals surface area (Å²) in [6.07, 6.45) is 0. The van der Waals surface area contributed by atoms with Crippen molar-refractivity contribution >= 4 is 28.3 Å². The number of para-hydroxylation sites is 1. The number of nitrogens with one attached hydrogen (secondary N) is 2. The number of amides is 2. The number of hydrogen-bond acceptors (Lipinski definition) is 5. The van der Waals surface area contributed by atoms with Crippen LogP contribution in [0.25, 0.3) is 10.9 Å². The third-order valence-corrected chi connectivity index (χ3v) is 3.98. The second kappa shape index (κ2) is 7.06. The molecule has 0 bridgehead atoms. The Hall–Kier alpha value is -2.67. The minimum Gasteiger partial charge on any atom is -0.481 e. The van der Waals surface area contributed by atoms with Gasteiger partial charge in [-0.15, -0.1) is 11.3 Å². The third-order valence-electron chi connectivity index (χ3n) is 3.34. The Morgan fingerprint density at radius 2 is 2.09 bits per heavy atom. The van der Waals surface area contributed by atoms with E-state index in [4.69, 9.17) is 4.74 Å². The van der Waals surface area contributed by atoms with Crippen molar-refractivity contribution < 1.29 is 9.53 Å². The van der Waals surface area contributed by atoms with Crippen molar-refractivity contribution in [2.24, 2.45) is 0 Å². The van der Waals surface area contributed by atoms with Gasteiger partial charge in [-0.1, -0.05) is 18.2 Å². The molecular weight excluding hydrogens is 312 g/mol. The number of pyridine rings is 1. The summed E-state index contributed by atoms with van der Waals surface area (Å²) >= 11 is 1.50. The molecule has 2 N–H and O–H groups in total. The van der Waals surface area contributed by atoms with Crippen molar-refractivity contribution in [2.45, 2.75) is 13.1 Å². The predicted octanol–water partition coefficient (Wildman–Crippen LogP) is 2.70. The third kappa shape index (κ3) is 3.75. The number of ether oxygens (including phenoxy) is 1. The van der Waals surface area contributed by atoms with Gasteiger partial charge in [0.15, 0.2) is 0 Å². The van der Waals surface area contributed by atoms with Crippen LogP contribution in [-0.4, -0.2) is 23.1 Å². The van der Waals surface area contributed by atoms with Crippen LogP contribution >= 0.6 is 11.3 Å². The molecule has 0 aliphatic carbocycles. The first-order valence-electron chi connectivity index (χ1n) is 7.07. The zero-order chi connectivity index (χ0) is 16.1. The summed E-state index contributed by atoms with van der Waals surface area (Å²) in [6, 6.07) is 9.37. The van der Waals surface area contributed by atoms with Gasteiger partial charge in [0.1, 0.15) is 0 Å². The first-order valence-corrected chi connectivity index (χ1v) is 8.02. The fraction of sp³-hybridized carbons (Fsp3) is 0.188. The largest absolute Gasteiger partial charge is 0.481 e. The molecule has 2 heterocycles. The zero-order valence-corrected chi connectivity index (χ0v) is 13.4. The van der Waals surface area contributed by atoms with Gasteiger partial charge in [0.2, 0.25) is 5.88 Å². The number of nitrogens with zero attached hydrogens (tertiary/aromatic N) is 2. The Morgan fingerprint density at radius 3 is 2.87 bits per heavy atom. The molecule has 0 saturated heterocycles. The van der Waals surface area contributed by atoms with Gasteiger partial charge in [0, 0.05) is 23.4 Å². The SMILES string of the molecule is COc1cc(CNC(=O)NCc2cscn2)c2ccccc2n1. The molecule has 0 saturated carbocycles. The highest BCUT2D eigenvalue weighted by Crippen LogP contribution is 2.21. The van der Waals surface area contributed by atoms with Crippen LogP contribution in [0.1, 0.15) is 11.3 Å². The molecule has 6 nitrogen and oxygen atoms in total. The molecule has 23 heavy (non-hydrogen) atoms. The molecule has 0 radical (unpaired) electrons. The Kier molecular flexibility index (Phi) is 4.68. The van der Waals surface area contributed by atoms with Crippen molar-refractivity contribution in [3.8, 4) is 5.88 Å². The first-order chi connectivity index (χ1) is 11.3. The highest BCUT2D eigenvalue weighted by Gasteiger charge is 2.08. The number of hydrogen-bond donors (Lipinski definition) is 2. The summed E-state index contributed by atoms with van der Waals surface area (Å²) in [5.41, 5.74) is 4.38. The van der Waals surface area contributed by atoms with Gasteiger partial charge in [-0.05, 0) is 11.6 Å². The minimum absolute atomic E-state index is 0.238. The molecule has 3 rings (SSSR count). The maximum Gasteiger partial charge on any atom is 0.315 e. The molecule has 2 aromatic heterocycles. The number of urea groups is 1. The zero-order valence-electron chi connectivity index (χ0n) is 12.6. The van der Waals surface area contributed by atoms with E-state index in [1.54, 1.807) is 12.6 Å². The Labute approximate surface area is 137 Å². The van der Waals surface area contributed by atoms with E-state index in [1.807, 2.05) is 35.7 Å². The maximum atomic E-state index is 11.9. The molecule has 0 aliphatic rings. The summed E-state index contributed by atoms with van der Waals surface area (Å²) in [7, 11) is 1.58. The van der Waals surface area contributed by atoms with Gasteiger partial charge in [-0.3, -0.25) is 0 Å². The first kappa shape index (κ1) is 15.2. The van der Waals surface area contributed by atoms with Crippen LogP contribution in [0.4, 0.5) is 4.79 Å². The molecule has 0 aliphatic heterocycles. The average molecular weight is 328 g/mol. The lowest BCUT2D eigenvalue weighted by atomic mass is 10.1. The van der Waals surface area contributed by atoms with E-state index in [9.17, 15) is 4.79 Å². The molecule has 2 amide bonds. The smallest absolute Gasteiger partial charge is 0.315 e.